The second kappa shape index (κ2) is 9.16. The van der Waals surface area contributed by atoms with Crippen molar-refractivity contribution in [1.82, 2.24) is 9.78 Å². The molecule has 0 aliphatic carbocycles. The number of rotatable bonds is 6. The number of para-hydroxylation sites is 1. The molecule has 6 heteroatoms. The first kappa shape index (κ1) is 20.2. The first-order valence-corrected chi connectivity index (χ1v) is 10.3. The molecule has 0 bridgehead atoms. The molecule has 0 amide bonds. The third kappa shape index (κ3) is 4.56. The summed E-state index contributed by atoms with van der Waals surface area (Å²) in [4.78, 5) is 0. The lowest BCUT2D eigenvalue weighted by atomic mass is 10.2. The predicted molar refractivity (Wildman–Crippen MR) is 125 cm³/mol. The highest BCUT2D eigenvalue weighted by atomic mass is 35.5. The lowest BCUT2D eigenvalue weighted by Crippen LogP contribution is -2.16. The highest BCUT2D eigenvalue weighted by molar-refractivity contribution is 6.32. The van der Waals surface area contributed by atoms with Gasteiger partial charge in [-0.15, -0.1) is 0 Å². The average molecular weight is 435 g/mol. The van der Waals surface area contributed by atoms with Crippen LogP contribution in [0.2, 0.25) is 10.2 Å². The van der Waals surface area contributed by atoms with Crippen LogP contribution in [0.1, 0.15) is 16.8 Å². The molecule has 0 aliphatic heterocycles. The molecule has 0 spiro atoms. The van der Waals surface area contributed by atoms with Gasteiger partial charge in [-0.3, -0.25) is 5.01 Å². The number of benzene rings is 3. The molecule has 0 saturated heterocycles. The number of anilines is 1. The van der Waals surface area contributed by atoms with E-state index in [0.29, 0.717) is 16.7 Å². The number of hydrogen-bond acceptors (Lipinski definition) is 3. The summed E-state index contributed by atoms with van der Waals surface area (Å²) >= 11 is 12.6. The van der Waals surface area contributed by atoms with Crippen LogP contribution in [0.25, 0.3) is 5.69 Å². The maximum Gasteiger partial charge on any atom is 0.142 e. The second-order valence-electron chi connectivity index (χ2n) is 6.80. The Morgan fingerprint density at radius 2 is 1.53 bits per heavy atom. The first-order valence-electron chi connectivity index (χ1n) is 9.53. The summed E-state index contributed by atoms with van der Waals surface area (Å²) in [7, 11) is 0. The van der Waals surface area contributed by atoms with Crippen LogP contribution in [-0.4, -0.2) is 16.0 Å². The first-order chi connectivity index (χ1) is 14.6. The van der Waals surface area contributed by atoms with E-state index in [1.54, 1.807) is 10.9 Å². The molecule has 0 radical (unpaired) electrons. The van der Waals surface area contributed by atoms with Crippen molar-refractivity contribution in [2.24, 2.45) is 5.10 Å². The van der Waals surface area contributed by atoms with Gasteiger partial charge in [0.1, 0.15) is 5.15 Å². The Labute approximate surface area is 186 Å². The zero-order valence-electron chi connectivity index (χ0n) is 16.4. The van der Waals surface area contributed by atoms with Crippen LogP contribution in [0.4, 0.5) is 5.69 Å². The highest BCUT2D eigenvalue weighted by Crippen LogP contribution is 2.24. The fourth-order valence-electron chi connectivity index (χ4n) is 3.09. The van der Waals surface area contributed by atoms with Gasteiger partial charge in [-0.1, -0.05) is 71.7 Å². The second-order valence-corrected chi connectivity index (χ2v) is 7.60. The summed E-state index contributed by atoms with van der Waals surface area (Å²) in [6, 6.07) is 27.7. The van der Waals surface area contributed by atoms with Crippen molar-refractivity contribution in [1.29, 1.82) is 0 Å². The molecule has 3 aromatic carbocycles. The molecule has 30 heavy (non-hydrogen) atoms. The van der Waals surface area contributed by atoms with Crippen LogP contribution in [0.15, 0.2) is 90.0 Å². The molecule has 0 saturated carbocycles. The van der Waals surface area contributed by atoms with Crippen molar-refractivity contribution < 1.29 is 0 Å². The highest BCUT2D eigenvalue weighted by Gasteiger charge is 2.14. The molecular formula is C24H20Cl2N4. The van der Waals surface area contributed by atoms with E-state index in [9.17, 15) is 0 Å². The molecule has 4 rings (SSSR count). The van der Waals surface area contributed by atoms with Gasteiger partial charge in [-0.25, -0.2) is 4.68 Å². The maximum absolute atomic E-state index is 6.65. The van der Waals surface area contributed by atoms with Gasteiger partial charge in [0.05, 0.1) is 35.4 Å². The van der Waals surface area contributed by atoms with Crippen LogP contribution in [0.5, 0.6) is 0 Å². The Morgan fingerprint density at radius 3 is 2.20 bits per heavy atom. The number of aryl methyl sites for hydroxylation is 1. The van der Waals surface area contributed by atoms with E-state index in [0.717, 1.165) is 28.2 Å². The normalized spacial score (nSPS) is 11.2. The molecule has 0 unspecified atom stereocenters. The fourth-order valence-corrected chi connectivity index (χ4v) is 3.54. The van der Waals surface area contributed by atoms with E-state index < -0.39 is 0 Å². The fraction of sp³-hybridized carbons (Fsp3) is 0.0833. The van der Waals surface area contributed by atoms with Crippen LogP contribution >= 0.6 is 23.2 Å². The smallest absolute Gasteiger partial charge is 0.142 e. The molecule has 0 fully saturated rings. The summed E-state index contributed by atoms with van der Waals surface area (Å²) in [6.07, 6.45) is 1.77. The Balaban J connectivity index is 1.66. The average Bonchev–Trinajstić information content (AvgIpc) is 3.06. The zero-order chi connectivity index (χ0) is 20.9. The van der Waals surface area contributed by atoms with Gasteiger partial charge < -0.3 is 0 Å². The summed E-state index contributed by atoms with van der Waals surface area (Å²) in [5.41, 5.74) is 4.58. The van der Waals surface area contributed by atoms with Gasteiger partial charge in [0.2, 0.25) is 0 Å². The lowest BCUT2D eigenvalue weighted by Gasteiger charge is -2.19. The molecular weight excluding hydrogens is 415 g/mol. The van der Waals surface area contributed by atoms with E-state index in [-0.39, 0.29) is 0 Å². The largest absolute Gasteiger partial charge is 0.261 e. The number of hydrogen-bond donors (Lipinski definition) is 0. The summed E-state index contributed by atoms with van der Waals surface area (Å²) in [5.74, 6) is 0. The minimum absolute atomic E-state index is 0.506. The van der Waals surface area contributed by atoms with Crippen molar-refractivity contribution in [3.05, 3.63) is 112 Å². The quantitative estimate of drug-likeness (QED) is 0.255. The molecule has 4 aromatic rings. The summed E-state index contributed by atoms with van der Waals surface area (Å²) < 4.78 is 1.69. The molecule has 4 nitrogen and oxygen atoms in total. The molecule has 1 heterocycles. The maximum atomic E-state index is 6.65. The van der Waals surface area contributed by atoms with Gasteiger partial charge in [0.15, 0.2) is 0 Å². The van der Waals surface area contributed by atoms with Gasteiger partial charge >= 0.3 is 0 Å². The predicted octanol–water partition coefficient (Wildman–Crippen LogP) is 6.53. The van der Waals surface area contributed by atoms with E-state index >= 15 is 0 Å². The monoisotopic (exact) mass is 434 g/mol. The molecule has 0 aliphatic rings. The van der Waals surface area contributed by atoms with Crippen molar-refractivity contribution in [2.45, 2.75) is 13.5 Å². The Kier molecular flexibility index (Phi) is 6.17. The van der Waals surface area contributed by atoms with Crippen molar-refractivity contribution in [3.8, 4) is 5.69 Å². The molecule has 150 valence electrons. The van der Waals surface area contributed by atoms with E-state index in [4.69, 9.17) is 28.3 Å². The number of nitrogens with zero attached hydrogens (tertiary/aromatic N) is 4. The van der Waals surface area contributed by atoms with Crippen LogP contribution in [0.3, 0.4) is 0 Å². The summed E-state index contributed by atoms with van der Waals surface area (Å²) in [6.45, 7) is 2.56. The minimum atomic E-state index is 0.506. The SMILES string of the molecule is Cc1nn(-c2ccc(Cl)cc2)c(Cl)c1C=NN(Cc1ccccc1)c1ccccc1. The summed E-state index contributed by atoms with van der Waals surface area (Å²) in [5, 5.41) is 12.4. The standard InChI is InChI=1S/C24H20Cl2N4/c1-18-23(24(26)30(28-18)22-14-12-20(25)13-15-22)16-27-29(21-10-6-3-7-11-21)17-19-8-4-2-5-9-19/h2-16H,17H2,1H3. The number of halogens is 2. The number of aromatic nitrogens is 2. The van der Waals surface area contributed by atoms with E-state index in [1.165, 1.54) is 0 Å². The topological polar surface area (TPSA) is 33.4 Å². The van der Waals surface area contributed by atoms with Gasteiger partial charge in [0.25, 0.3) is 0 Å². The Hall–Kier alpha value is -3.08. The molecule has 1 aromatic heterocycles. The Morgan fingerprint density at radius 1 is 0.900 bits per heavy atom. The third-order valence-corrected chi connectivity index (χ3v) is 5.29. The van der Waals surface area contributed by atoms with Gasteiger partial charge in [-0.05, 0) is 48.9 Å². The molecule has 0 N–H and O–H groups in total. The van der Waals surface area contributed by atoms with Crippen molar-refractivity contribution in [2.75, 3.05) is 5.01 Å². The zero-order valence-corrected chi connectivity index (χ0v) is 17.9. The lowest BCUT2D eigenvalue weighted by molar-refractivity contribution is 0.858. The Bertz CT molecular complexity index is 1140. The van der Waals surface area contributed by atoms with Crippen LogP contribution in [0, 0.1) is 6.92 Å². The van der Waals surface area contributed by atoms with Gasteiger partial charge in [-0.2, -0.15) is 10.2 Å². The minimum Gasteiger partial charge on any atom is -0.261 e. The van der Waals surface area contributed by atoms with Gasteiger partial charge in [0, 0.05) is 5.02 Å². The van der Waals surface area contributed by atoms with Crippen LogP contribution < -0.4 is 5.01 Å². The van der Waals surface area contributed by atoms with E-state index in [2.05, 4.69) is 17.2 Å². The number of hydrazone groups is 1. The van der Waals surface area contributed by atoms with E-state index in [1.807, 2.05) is 84.7 Å². The van der Waals surface area contributed by atoms with Crippen molar-refractivity contribution in [3.63, 3.8) is 0 Å². The van der Waals surface area contributed by atoms with Crippen LogP contribution in [-0.2, 0) is 6.54 Å². The molecule has 0 atom stereocenters. The van der Waals surface area contributed by atoms with Crippen molar-refractivity contribution >= 4 is 35.1 Å². The third-order valence-electron chi connectivity index (χ3n) is 4.67.